The molecule has 7 nitrogen and oxygen atoms in total. The molecular formula is C18H15N5O2. The Bertz CT molecular complexity index is 1070. The molecule has 4 rings (SSSR count). The van der Waals surface area contributed by atoms with Crippen LogP contribution < -0.4 is 5.32 Å². The van der Waals surface area contributed by atoms with Gasteiger partial charge in [0, 0.05) is 23.5 Å². The summed E-state index contributed by atoms with van der Waals surface area (Å²) in [6, 6.07) is 9.66. The van der Waals surface area contributed by atoms with Crippen LogP contribution >= 0.6 is 0 Å². The van der Waals surface area contributed by atoms with Gasteiger partial charge in [-0.25, -0.2) is 9.50 Å². The van der Waals surface area contributed by atoms with Gasteiger partial charge in [0.15, 0.2) is 5.65 Å². The van der Waals surface area contributed by atoms with Crippen molar-refractivity contribution in [3.8, 4) is 11.3 Å². The minimum atomic E-state index is -0.342. The first-order chi connectivity index (χ1) is 12.1. The molecule has 0 aliphatic heterocycles. The second-order valence-electron chi connectivity index (χ2n) is 5.76. The predicted octanol–water partition coefficient (Wildman–Crippen LogP) is 3.25. The number of benzene rings is 1. The van der Waals surface area contributed by atoms with Crippen LogP contribution in [0, 0.1) is 13.8 Å². The van der Waals surface area contributed by atoms with Gasteiger partial charge in [0.05, 0.1) is 6.20 Å². The van der Waals surface area contributed by atoms with Crippen LogP contribution in [0.15, 0.2) is 53.4 Å². The van der Waals surface area contributed by atoms with Crippen LogP contribution in [-0.2, 0) is 0 Å². The third kappa shape index (κ3) is 2.65. The highest BCUT2D eigenvalue weighted by Crippen LogP contribution is 2.28. The smallest absolute Gasteiger partial charge is 0.263 e. The Labute approximate surface area is 143 Å². The molecule has 1 N–H and O–H groups in total. The van der Waals surface area contributed by atoms with Crippen LogP contribution in [0.3, 0.4) is 0 Å². The minimum Gasteiger partial charge on any atom is -0.338 e. The third-order valence-electron chi connectivity index (χ3n) is 3.93. The molecule has 4 aromatic rings. The summed E-state index contributed by atoms with van der Waals surface area (Å²) in [6.07, 6.45) is 4.99. The van der Waals surface area contributed by atoms with E-state index in [1.54, 1.807) is 10.7 Å². The highest BCUT2D eigenvalue weighted by atomic mass is 16.5. The van der Waals surface area contributed by atoms with Gasteiger partial charge in [0.2, 0.25) is 5.88 Å². The summed E-state index contributed by atoms with van der Waals surface area (Å²) >= 11 is 0. The highest BCUT2D eigenvalue weighted by molar-refractivity contribution is 6.08. The van der Waals surface area contributed by atoms with Crippen molar-refractivity contribution in [3.05, 3.63) is 65.6 Å². The van der Waals surface area contributed by atoms with Crippen molar-refractivity contribution in [2.45, 2.75) is 13.8 Å². The fourth-order valence-corrected chi connectivity index (χ4v) is 2.62. The van der Waals surface area contributed by atoms with Crippen molar-refractivity contribution < 1.29 is 9.32 Å². The zero-order valence-electron chi connectivity index (χ0n) is 13.7. The number of hydrogen-bond donors (Lipinski definition) is 1. The maximum Gasteiger partial charge on any atom is 0.263 e. The number of aromatic nitrogens is 4. The van der Waals surface area contributed by atoms with Crippen LogP contribution in [0.2, 0.25) is 0 Å². The lowest BCUT2D eigenvalue weighted by Crippen LogP contribution is -2.12. The largest absolute Gasteiger partial charge is 0.338 e. The first-order valence-electron chi connectivity index (χ1n) is 7.76. The number of carbonyl (C=O) groups is 1. The van der Waals surface area contributed by atoms with Crippen molar-refractivity contribution in [1.82, 2.24) is 19.8 Å². The Hall–Kier alpha value is -3.48. The molecule has 124 valence electrons. The Kier molecular flexibility index (Phi) is 3.53. The van der Waals surface area contributed by atoms with Crippen molar-refractivity contribution >= 4 is 17.4 Å². The van der Waals surface area contributed by atoms with Crippen molar-refractivity contribution in [2.24, 2.45) is 0 Å². The summed E-state index contributed by atoms with van der Waals surface area (Å²) in [6.45, 7) is 3.77. The Morgan fingerprint density at radius 3 is 2.76 bits per heavy atom. The van der Waals surface area contributed by atoms with Gasteiger partial charge < -0.3 is 4.52 Å². The van der Waals surface area contributed by atoms with Crippen LogP contribution in [0.1, 0.15) is 21.5 Å². The van der Waals surface area contributed by atoms with Crippen LogP contribution in [0.25, 0.3) is 16.9 Å². The molecule has 1 amide bonds. The van der Waals surface area contributed by atoms with E-state index >= 15 is 0 Å². The van der Waals surface area contributed by atoms with E-state index in [2.05, 4.69) is 20.6 Å². The second kappa shape index (κ2) is 5.86. The molecule has 25 heavy (non-hydrogen) atoms. The average molecular weight is 333 g/mol. The summed E-state index contributed by atoms with van der Waals surface area (Å²) in [5, 5.41) is 11.0. The Morgan fingerprint density at radius 1 is 1.16 bits per heavy atom. The van der Waals surface area contributed by atoms with E-state index in [0.717, 1.165) is 16.7 Å². The fraction of sp³-hybridized carbons (Fsp3) is 0.111. The third-order valence-corrected chi connectivity index (χ3v) is 3.93. The van der Waals surface area contributed by atoms with E-state index in [-0.39, 0.29) is 5.91 Å². The van der Waals surface area contributed by atoms with E-state index in [1.807, 2.05) is 50.4 Å². The molecule has 3 aromatic heterocycles. The Balaban J connectivity index is 1.64. The van der Waals surface area contributed by atoms with Gasteiger partial charge in [-0.1, -0.05) is 35.5 Å². The van der Waals surface area contributed by atoms with Crippen LogP contribution in [0.5, 0.6) is 0 Å². The number of carbonyl (C=O) groups excluding carboxylic acids is 1. The van der Waals surface area contributed by atoms with Gasteiger partial charge in [-0.15, -0.1) is 0 Å². The summed E-state index contributed by atoms with van der Waals surface area (Å²) < 4.78 is 6.90. The number of amides is 1. The molecule has 0 fully saturated rings. The molecule has 7 heteroatoms. The number of nitrogens with one attached hydrogen (secondary N) is 1. The maximum absolute atomic E-state index is 12.6. The first kappa shape index (κ1) is 15.1. The van der Waals surface area contributed by atoms with Crippen molar-refractivity contribution in [2.75, 3.05) is 5.32 Å². The van der Waals surface area contributed by atoms with Gasteiger partial charge >= 0.3 is 0 Å². The summed E-state index contributed by atoms with van der Waals surface area (Å²) in [7, 11) is 0. The molecule has 3 heterocycles. The number of aryl methyl sites for hydroxylation is 1. The number of hydrogen-bond acceptors (Lipinski definition) is 5. The molecular weight excluding hydrogens is 318 g/mol. The summed E-state index contributed by atoms with van der Waals surface area (Å²) in [5.41, 5.74) is 4.21. The molecule has 0 saturated carbocycles. The second-order valence-corrected chi connectivity index (χ2v) is 5.76. The molecule has 0 spiro atoms. The van der Waals surface area contributed by atoms with Crippen molar-refractivity contribution in [3.63, 3.8) is 0 Å². The SMILES string of the molecule is Cc1cnc2c(C(=O)Nc3onc(-c4ccccc4)c3C)cnn2c1. The van der Waals surface area contributed by atoms with Gasteiger partial charge in [0.1, 0.15) is 11.3 Å². The molecule has 0 radical (unpaired) electrons. The first-order valence-corrected chi connectivity index (χ1v) is 7.76. The van der Waals surface area contributed by atoms with Gasteiger partial charge in [-0.3, -0.25) is 10.1 Å². The van der Waals surface area contributed by atoms with Gasteiger partial charge in [0.25, 0.3) is 5.91 Å². The molecule has 0 unspecified atom stereocenters. The number of anilines is 1. The quantitative estimate of drug-likeness (QED) is 0.622. The van der Waals surface area contributed by atoms with Crippen LogP contribution in [0.4, 0.5) is 5.88 Å². The topological polar surface area (TPSA) is 85.3 Å². The van der Waals surface area contributed by atoms with Crippen molar-refractivity contribution in [1.29, 1.82) is 0 Å². The lowest BCUT2D eigenvalue weighted by atomic mass is 10.1. The molecule has 0 aliphatic carbocycles. The summed E-state index contributed by atoms with van der Waals surface area (Å²) in [5.74, 6) is -0.0273. The number of rotatable bonds is 3. The lowest BCUT2D eigenvalue weighted by molar-refractivity contribution is 0.102. The predicted molar refractivity (Wildman–Crippen MR) is 92.4 cm³/mol. The molecule has 0 aliphatic rings. The number of nitrogens with zero attached hydrogens (tertiary/aromatic N) is 4. The standard InChI is InChI=1S/C18H15N5O2/c1-11-8-19-16-14(9-20-23(16)10-11)17(24)21-18-12(2)15(22-25-18)13-6-4-3-5-7-13/h3-10H,1-2H3,(H,21,24). The highest BCUT2D eigenvalue weighted by Gasteiger charge is 2.19. The lowest BCUT2D eigenvalue weighted by Gasteiger charge is -2.01. The fourth-order valence-electron chi connectivity index (χ4n) is 2.62. The molecule has 0 bridgehead atoms. The monoisotopic (exact) mass is 333 g/mol. The minimum absolute atomic E-state index is 0.315. The summed E-state index contributed by atoms with van der Waals surface area (Å²) in [4.78, 5) is 16.9. The normalized spacial score (nSPS) is 11.0. The van der Waals surface area contributed by atoms with E-state index in [4.69, 9.17) is 4.52 Å². The zero-order valence-corrected chi connectivity index (χ0v) is 13.7. The zero-order chi connectivity index (χ0) is 17.4. The maximum atomic E-state index is 12.6. The molecule has 0 atom stereocenters. The van der Waals surface area contributed by atoms with E-state index in [1.165, 1.54) is 6.20 Å². The average Bonchev–Trinajstić information content (AvgIpc) is 3.19. The van der Waals surface area contributed by atoms with E-state index in [0.29, 0.717) is 22.8 Å². The van der Waals surface area contributed by atoms with Gasteiger partial charge in [-0.05, 0) is 19.4 Å². The number of fused-ring (bicyclic) bond motifs is 1. The van der Waals surface area contributed by atoms with Gasteiger partial charge in [-0.2, -0.15) is 5.10 Å². The molecule has 0 saturated heterocycles. The van der Waals surface area contributed by atoms with Crippen LogP contribution in [-0.4, -0.2) is 25.7 Å². The Morgan fingerprint density at radius 2 is 1.96 bits per heavy atom. The van der Waals surface area contributed by atoms with E-state index in [9.17, 15) is 4.79 Å². The molecule has 1 aromatic carbocycles. The van der Waals surface area contributed by atoms with E-state index < -0.39 is 0 Å².